The molecule has 0 spiro atoms. The Morgan fingerprint density at radius 3 is 2.67 bits per heavy atom. The summed E-state index contributed by atoms with van der Waals surface area (Å²) in [4.78, 5) is 0. The molecule has 0 heterocycles. The topological polar surface area (TPSA) is 78.6 Å². The van der Waals surface area contributed by atoms with Crippen molar-refractivity contribution in [3.63, 3.8) is 0 Å². The number of nitrogens with two attached hydrogens (primary N) is 1. The summed E-state index contributed by atoms with van der Waals surface area (Å²) in [5.41, 5.74) is 2.09. The second kappa shape index (κ2) is 6.62. The van der Waals surface area contributed by atoms with E-state index >= 15 is 0 Å². The summed E-state index contributed by atoms with van der Waals surface area (Å²) in [6.45, 7) is 2.15. The van der Waals surface area contributed by atoms with Gasteiger partial charge in [-0.1, -0.05) is 13.3 Å². The van der Waals surface area contributed by atoms with Gasteiger partial charge in [-0.2, -0.15) is 13.6 Å². The molecule has 2 N–H and O–H groups in total. The van der Waals surface area contributed by atoms with E-state index in [1.165, 1.54) is 12.7 Å². The van der Waals surface area contributed by atoms with Crippen LogP contribution < -0.4 is 14.1 Å². The van der Waals surface area contributed by atoms with Gasteiger partial charge in [0.2, 0.25) is 0 Å². The summed E-state index contributed by atoms with van der Waals surface area (Å²) in [6.07, 6.45) is 5.79. The summed E-state index contributed by atoms with van der Waals surface area (Å²) >= 11 is 0. The van der Waals surface area contributed by atoms with Crippen LogP contribution in [0.25, 0.3) is 0 Å². The van der Waals surface area contributed by atoms with Gasteiger partial charge in [0.15, 0.2) is 11.5 Å². The molecule has 0 aliphatic heterocycles. The van der Waals surface area contributed by atoms with Gasteiger partial charge in [-0.05, 0) is 79.5 Å². The molecule has 4 rings (SSSR count). The monoisotopic (exact) mass is 397 g/mol. The fourth-order valence-electron chi connectivity index (χ4n) is 6.05. The molecule has 5 atom stereocenters. The first kappa shape index (κ1) is 19.0. The summed E-state index contributed by atoms with van der Waals surface area (Å²) in [5, 5.41) is 5.03. The van der Waals surface area contributed by atoms with Crippen molar-refractivity contribution in [1.29, 1.82) is 0 Å². The molecule has 0 radical (unpaired) electrons. The van der Waals surface area contributed by atoms with E-state index < -0.39 is 16.5 Å². The van der Waals surface area contributed by atoms with Gasteiger partial charge in [0.25, 0.3) is 0 Å². The minimum absolute atomic E-state index is 0.138. The zero-order valence-electron chi connectivity index (χ0n) is 15.9. The van der Waals surface area contributed by atoms with Crippen LogP contribution in [0.5, 0.6) is 11.5 Å². The predicted molar refractivity (Wildman–Crippen MR) is 101 cm³/mol. The van der Waals surface area contributed by atoms with E-state index in [1.807, 2.05) is 6.07 Å². The summed E-state index contributed by atoms with van der Waals surface area (Å²) in [6, 6.07) is 3.66. The van der Waals surface area contributed by atoms with Crippen LogP contribution in [0.1, 0.15) is 62.5 Å². The molecule has 1 aromatic carbocycles. The Labute approximate surface area is 160 Å². The molecule has 3 unspecified atom stereocenters. The van der Waals surface area contributed by atoms with Gasteiger partial charge in [-0.25, -0.2) is 4.39 Å². The molecule has 1 aromatic rings. The lowest BCUT2D eigenvalue weighted by atomic mass is 9.50. The van der Waals surface area contributed by atoms with E-state index in [0.29, 0.717) is 29.9 Å². The van der Waals surface area contributed by atoms with Gasteiger partial charge in [0, 0.05) is 5.41 Å². The lowest BCUT2D eigenvalue weighted by molar-refractivity contribution is -0.0627. The number of methoxy groups -OCH3 is 1. The molecular weight excluding hydrogens is 369 g/mol. The highest BCUT2D eigenvalue weighted by Crippen LogP contribution is 2.60. The number of rotatable bonds is 3. The predicted octanol–water partition coefficient (Wildman–Crippen LogP) is 3.86. The first-order valence-corrected chi connectivity index (χ1v) is 11.3. The number of ether oxygens (including phenoxy) is 1. The van der Waals surface area contributed by atoms with Crippen molar-refractivity contribution in [3.8, 4) is 11.5 Å². The van der Waals surface area contributed by atoms with Gasteiger partial charge >= 0.3 is 10.3 Å². The number of benzene rings is 1. The Morgan fingerprint density at radius 1 is 1.19 bits per heavy atom. The van der Waals surface area contributed by atoms with Crippen LogP contribution in [-0.4, -0.2) is 21.7 Å². The van der Waals surface area contributed by atoms with Gasteiger partial charge in [0.1, 0.15) is 6.17 Å². The number of fused-ring (bicyclic) bond motifs is 5. The van der Waals surface area contributed by atoms with Crippen LogP contribution in [0.3, 0.4) is 0 Å². The van der Waals surface area contributed by atoms with E-state index in [4.69, 9.17) is 14.1 Å². The maximum atomic E-state index is 14.8. The highest BCUT2D eigenvalue weighted by atomic mass is 32.2. The molecule has 0 saturated heterocycles. The standard InChI is InChI=1S/C20H28FNO4S/c1-20-9-8-13-14(16(20)4-3-5-19(20)21)7-6-12-10-18(26-27(22,23)24)17(25-2)11-15(12)13/h10-11,13-14,16,19H,3-9H2,1-2H3,(H2,22,23,24)/t13?,14?,16?,19-,20+/m1/s1. The summed E-state index contributed by atoms with van der Waals surface area (Å²) in [5.74, 6) is 1.78. The molecule has 3 aliphatic rings. The number of hydrogen-bond acceptors (Lipinski definition) is 4. The molecule has 2 fully saturated rings. The number of aryl methyl sites for hydroxylation is 1. The number of hydrogen-bond donors (Lipinski definition) is 1. The van der Waals surface area contributed by atoms with Crippen LogP contribution in [-0.2, 0) is 16.7 Å². The molecule has 0 bridgehead atoms. The highest BCUT2D eigenvalue weighted by Gasteiger charge is 2.53. The van der Waals surface area contributed by atoms with E-state index in [-0.39, 0.29) is 11.2 Å². The molecule has 0 amide bonds. The van der Waals surface area contributed by atoms with Gasteiger partial charge < -0.3 is 8.92 Å². The van der Waals surface area contributed by atoms with Crippen molar-refractivity contribution in [2.45, 2.75) is 64.0 Å². The van der Waals surface area contributed by atoms with E-state index in [2.05, 4.69) is 6.92 Å². The fourth-order valence-corrected chi connectivity index (χ4v) is 6.44. The first-order valence-electron chi connectivity index (χ1n) is 9.80. The first-order chi connectivity index (χ1) is 12.7. The third kappa shape index (κ3) is 3.23. The van der Waals surface area contributed by atoms with Crippen molar-refractivity contribution in [1.82, 2.24) is 0 Å². The summed E-state index contributed by atoms with van der Waals surface area (Å²) < 4.78 is 47.8. The molecule has 2 saturated carbocycles. The van der Waals surface area contributed by atoms with Crippen molar-refractivity contribution >= 4 is 10.3 Å². The molecular formula is C20H28FNO4S. The lowest BCUT2D eigenvalue weighted by Gasteiger charge is -2.55. The summed E-state index contributed by atoms with van der Waals surface area (Å²) in [7, 11) is -2.62. The van der Waals surface area contributed by atoms with Crippen molar-refractivity contribution < 1.29 is 21.7 Å². The highest BCUT2D eigenvalue weighted by molar-refractivity contribution is 7.84. The van der Waals surface area contributed by atoms with E-state index in [0.717, 1.165) is 44.1 Å². The second-order valence-corrected chi connectivity index (χ2v) is 9.79. The Morgan fingerprint density at radius 2 is 1.96 bits per heavy atom. The Kier molecular flexibility index (Phi) is 4.66. The van der Waals surface area contributed by atoms with Crippen LogP contribution >= 0.6 is 0 Å². The second-order valence-electron chi connectivity index (χ2n) is 8.64. The molecule has 150 valence electrons. The quantitative estimate of drug-likeness (QED) is 0.840. The SMILES string of the molecule is COc1cc2c(cc1OS(N)(=O)=O)CCC1C2CC[C@@]2(C)C1CCC[C@H]2F. The molecule has 5 nitrogen and oxygen atoms in total. The zero-order chi connectivity index (χ0) is 19.4. The average molecular weight is 398 g/mol. The maximum Gasteiger partial charge on any atom is 0.380 e. The third-order valence-corrected chi connectivity index (χ3v) is 7.75. The minimum atomic E-state index is -4.11. The van der Waals surface area contributed by atoms with Gasteiger partial charge in [-0.15, -0.1) is 0 Å². The normalized spacial score (nSPS) is 35.6. The Bertz CT molecular complexity index is 843. The van der Waals surface area contributed by atoms with Crippen molar-refractivity contribution in [3.05, 3.63) is 23.3 Å². The number of alkyl halides is 1. The molecule has 0 aromatic heterocycles. The van der Waals surface area contributed by atoms with Crippen LogP contribution in [0.4, 0.5) is 4.39 Å². The smallest absolute Gasteiger partial charge is 0.380 e. The minimum Gasteiger partial charge on any atom is -0.493 e. The zero-order valence-corrected chi connectivity index (χ0v) is 16.7. The third-order valence-electron chi connectivity index (χ3n) is 7.34. The number of halogens is 1. The van der Waals surface area contributed by atoms with E-state index in [1.54, 1.807) is 6.07 Å². The average Bonchev–Trinajstić information content (AvgIpc) is 2.60. The van der Waals surface area contributed by atoms with Gasteiger partial charge in [-0.3, -0.25) is 0 Å². The largest absolute Gasteiger partial charge is 0.493 e. The molecule has 7 heteroatoms. The van der Waals surface area contributed by atoms with E-state index in [9.17, 15) is 12.8 Å². The van der Waals surface area contributed by atoms with Crippen molar-refractivity contribution in [2.75, 3.05) is 7.11 Å². The van der Waals surface area contributed by atoms with Crippen LogP contribution in [0.2, 0.25) is 0 Å². The Balaban J connectivity index is 1.70. The van der Waals surface area contributed by atoms with Gasteiger partial charge in [0.05, 0.1) is 7.11 Å². The molecule has 27 heavy (non-hydrogen) atoms. The van der Waals surface area contributed by atoms with Crippen LogP contribution in [0, 0.1) is 17.3 Å². The molecule has 3 aliphatic carbocycles. The maximum absolute atomic E-state index is 14.8. The lowest BCUT2D eigenvalue weighted by Crippen LogP contribution is -2.49. The van der Waals surface area contributed by atoms with Crippen LogP contribution in [0.15, 0.2) is 12.1 Å². The Hall–Kier alpha value is -1.34. The fraction of sp³-hybridized carbons (Fsp3) is 0.700. The van der Waals surface area contributed by atoms with Crippen molar-refractivity contribution in [2.24, 2.45) is 22.4 Å².